The van der Waals surface area contributed by atoms with Crippen molar-refractivity contribution < 1.29 is 18.7 Å². The fourth-order valence-electron chi connectivity index (χ4n) is 3.46. The van der Waals surface area contributed by atoms with Crippen molar-refractivity contribution in [2.45, 2.75) is 39.3 Å². The molecule has 32 heavy (non-hydrogen) atoms. The first kappa shape index (κ1) is 23.7. The van der Waals surface area contributed by atoms with Crippen LogP contribution < -0.4 is 15.4 Å². The van der Waals surface area contributed by atoms with Crippen molar-refractivity contribution in [2.75, 3.05) is 18.6 Å². The van der Waals surface area contributed by atoms with Crippen molar-refractivity contribution in [3.8, 4) is 5.75 Å². The summed E-state index contributed by atoms with van der Waals surface area (Å²) in [6, 6.07) is 14.0. The van der Waals surface area contributed by atoms with Crippen molar-refractivity contribution in [3.63, 3.8) is 0 Å². The maximum absolute atomic E-state index is 13.0. The van der Waals surface area contributed by atoms with Crippen LogP contribution in [0, 0.1) is 6.92 Å². The average Bonchev–Trinajstić information content (AvgIpc) is 3.22. The van der Waals surface area contributed by atoms with E-state index in [1.807, 2.05) is 69.5 Å². The highest BCUT2D eigenvalue weighted by Crippen LogP contribution is 2.31. The van der Waals surface area contributed by atoms with Crippen LogP contribution in [0.25, 0.3) is 11.0 Å². The molecule has 0 saturated heterocycles. The van der Waals surface area contributed by atoms with Crippen LogP contribution in [0.1, 0.15) is 48.0 Å². The SMILES string of the molecule is CCOc1cccc2cc(C(C)NC(=O)C(CCSC)NC(=O)c3cccc(C)c3)oc12. The largest absolute Gasteiger partial charge is 0.490 e. The molecule has 1 aromatic heterocycles. The molecule has 6 nitrogen and oxygen atoms in total. The van der Waals surface area contributed by atoms with Crippen LogP contribution in [-0.4, -0.2) is 36.5 Å². The molecule has 0 aliphatic carbocycles. The molecule has 0 radical (unpaired) electrons. The van der Waals surface area contributed by atoms with E-state index in [9.17, 15) is 9.59 Å². The van der Waals surface area contributed by atoms with Crippen molar-refractivity contribution in [2.24, 2.45) is 0 Å². The van der Waals surface area contributed by atoms with Crippen LogP contribution in [-0.2, 0) is 4.79 Å². The third kappa shape index (κ3) is 5.85. The zero-order valence-electron chi connectivity index (χ0n) is 18.9. The van der Waals surface area contributed by atoms with Gasteiger partial charge in [-0.3, -0.25) is 9.59 Å². The van der Waals surface area contributed by atoms with Gasteiger partial charge in [0.1, 0.15) is 11.8 Å². The number of benzene rings is 2. The molecule has 2 atom stereocenters. The summed E-state index contributed by atoms with van der Waals surface area (Å²) >= 11 is 1.63. The Morgan fingerprint density at radius 2 is 1.91 bits per heavy atom. The van der Waals surface area contributed by atoms with Gasteiger partial charge in [-0.1, -0.05) is 29.8 Å². The molecular formula is C25H30N2O4S. The first-order valence-corrected chi connectivity index (χ1v) is 12.1. The second kappa shape index (κ2) is 11.1. The van der Waals surface area contributed by atoms with Crippen molar-refractivity contribution in [1.29, 1.82) is 0 Å². The Bertz CT molecular complexity index is 1080. The number of thioether (sulfide) groups is 1. The van der Waals surface area contributed by atoms with E-state index < -0.39 is 6.04 Å². The number of furan rings is 1. The standard InChI is InChI=1S/C25H30N2O4S/c1-5-30-21-11-7-9-18-15-22(31-23(18)21)17(3)26-25(29)20(12-13-32-4)27-24(28)19-10-6-8-16(2)14-19/h6-11,14-15,17,20H,5,12-13H2,1-4H3,(H,26,29)(H,27,28). The highest BCUT2D eigenvalue weighted by atomic mass is 32.2. The lowest BCUT2D eigenvalue weighted by molar-refractivity contribution is -0.123. The summed E-state index contributed by atoms with van der Waals surface area (Å²) in [5, 5.41) is 6.79. The molecule has 0 spiro atoms. The topological polar surface area (TPSA) is 80.6 Å². The van der Waals surface area contributed by atoms with Gasteiger partial charge in [-0.15, -0.1) is 0 Å². The molecule has 0 bridgehead atoms. The van der Waals surface area contributed by atoms with Gasteiger partial charge in [-0.2, -0.15) is 11.8 Å². The van der Waals surface area contributed by atoms with Crippen LogP contribution in [0.4, 0.5) is 0 Å². The number of nitrogens with one attached hydrogen (secondary N) is 2. The fraction of sp³-hybridized carbons (Fsp3) is 0.360. The quantitative estimate of drug-likeness (QED) is 0.457. The van der Waals surface area contributed by atoms with Gasteiger partial charge in [0.2, 0.25) is 5.91 Å². The molecule has 0 saturated carbocycles. The first-order valence-electron chi connectivity index (χ1n) is 10.7. The van der Waals surface area contributed by atoms with Crippen LogP contribution >= 0.6 is 11.8 Å². The van der Waals surface area contributed by atoms with Crippen molar-refractivity contribution in [1.82, 2.24) is 10.6 Å². The van der Waals surface area contributed by atoms with Crippen molar-refractivity contribution in [3.05, 3.63) is 65.4 Å². The third-order valence-electron chi connectivity index (χ3n) is 5.13. The number of fused-ring (bicyclic) bond motifs is 1. The number of aryl methyl sites for hydroxylation is 1. The van der Waals surface area contributed by atoms with E-state index in [2.05, 4.69) is 10.6 Å². The number of hydrogen-bond donors (Lipinski definition) is 2. The number of carbonyl (C=O) groups is 2. The molecule has 3 rings (SSSR count). The number of rotatable bonds is 10. The smallest absolute Gasteiger partial charge is 0.251 e. The van der Waals surface area contributed by atoms with Gasteiger partial charge in [-0.05, 0) is 63.5 Å². The second-order valence-electron chi connectivity index (χ2n) is 7.66. The van der Waals surface area contributed by atoms with Crippen molar-refractivity contribution >= 4 is 34.5 Å². The molecule has 3 aromatic rings. The van der Waals surface area contributed by atoms with E-state index in [1.54, 1.807) is 17.8 Å². The predicted octanol–water partition coefficient (Wildman–Crippen LogP) is 4.87. The molecule has 0 aliphatic rings. The normalized spacial score (nSPS) is 12.9. The molecule has 2 amide bonds. The summed E-state index contributed by atoms with van der Waals surface area (Å²) in [4.78, 5) is 25.8. The molecule has 2 unspecified atom stereocenters. The Balaban J connectivity index is 1.73. The van der Waals surface area contributed by atoms with Crippen LogP contribution in [0.15, 0.2) is 52.9 Å². The van der Waals surface area contributed by atoms with Gasteiger partial charge >= 0.3 is 0 Å². The number of ether oxygens (including phenoxy) is 1. The summed E-state index contributed by atoms with van der Waals surface area (Å²) in [6.45, 7) is 6.26. The van der Waals surface area contributed by atoms with Gasteiger partial charge in [0, 0.05) is 10.9 Å². The summed E-state index contributed by atoms with van der Waals surface area (Å²) in [5.41, 5.74) is 2.20. The average molecular weight is 455 g/mol. The maximum Gasteiger partial charge on any atom is 0.251 e. The van der Waals surface area contributed by atoms with Crippen LogP contribution in [0.3, 0.4) is 0 Å². The molecule has 0 fully saturated rings. The van der Waals surface area contributed by atoms with E-state index >= 15 is 0 Å². The summed E-state index contributed by atoms with van der Waals surface area (Å²) in [6.07, 6.45) is 2.51. The Kier molecular flexibility index (Phi) is 8.22. The zero-order chi connectivity index (χ0) is 23.1. The molecule has 2 aromatic carbocycles. The van der Waals surface area contributed by atoms with Gasteiger partial charge in [0.05, 0.1) is 12.6 Å². The molecule has 170 valence electrons. The minimum atomic E-state index is -0.638. The van der Waals surface area contributed by atoms with Gasteiger partial charge in [0.15, 0.2) is 11.3 Å². The molecule has 0 aliphatic heterocycles. The van der Waals surface area contributed by atoms with E-state index in [0.717, 1.165) is 16.7 Å². The van der Waals surface area contributed by atoms with E-state index in [4.69, 9.17) is 9.15 Å². The monoisotopic (exact) mass is 454 g/mol. The fourth-order valence-corrected chi connectivity index (χ4v) is 3.93. The summed E-state index contributed by atoms with van der Waals surface area (Å²) in [7, 11) is 0. The Morgan fingerprint density at radius 3 is 2.62 bits per heavy atom. The molecule has 1 heterocycles. The van der Waals surface area contributed by atoms with Crippen LogP contribution in [0.2, 0.25) is 0 Å². The van der Waals surface area contributed by atoms with Gasteiger partial charge in [0.25, 0.3) is 5.91 Å². The molecule has 2 N–H and O–H groups in total. The third-order valence-corrected chi connectivity index (χ3v) is 5.77. The lowest BCUT2D eigenvalue weighted by atomic mass is 10.1. The number of hydrogen-bond acceptors (Lipinski definition) is 5. The first-order chi connectivity index (χ1) is 15.4. The number of carbonyl (C=O) groups excluding carboxylic acids is 2. The highest BCUT2D eigenvalue weighted by molar-refractivity contribution is 7.98. The highest BCUT2D eigenvalue weighted by Gasteiger charge is 2.24. The van der Waals surface area contributed by atoms with E-state index in [-0.39, 0.29) is 17.9 Å². The lowest BCUT2D eigenvalue weighted by Crippen LogP contribution is -2.47. The molecular weight excluding hydrogens is 424 g/mol. The Hall–Kier alpha value is -2.93. The van der Waals surface area contributed by atoms with E-state index in [0.29, 0.717) is 35.7 Å². The minimum absolute atomic E-state index is 0.238. The van der Waals surface area contributed by atoms with E-state index in [1.165, 1.54) is 0 Å². The second-order valence-corrected chi connectivity index (χ2v) is 8.65. The van der Waals surface area contributed by atoms with Gasteiger partial charge in [-0.25, -0.2) is 0 Å². The zero-order valence-corrected chi connectivity index (χ0v) is 19.8. The summed E-state index contributed by atoms with van der Waals surface area (Å²) < 4.78 is 11.6. The lowest BCUT2D eigenvalue weighted by Gasteiger charge is -2.20. The summed E-state index contributed by atoms with van der Waals surface area (Å²) in [5.74, 6) is 1.57. The van der Waals surface area contributed by atoms with Gasteiger partial charge < -0.3 is 19.8 Å². The molecule has 7 heteroatoms. The number of amides is 2. The van der Waals surface area contributed by atoms with Crippen LogP contribution in [0.5, 0.6) is 5.75 Å². The maximum atomic E-state index is 13.0. The number of para-hydroxylation sites is 1. The Morgan fingerprint density at radius 1 is 1.12 bits per heavy atom. The Labute approximate surface area is 193 Å². The minimum Gasteiger partial charge on any atom is -0.490 e. The predicted molar refractivity (Wildman–Crippen MR) is 129 cm³/mol.